The van der Waals surface area contributed by atoms with E-state index in [9.17, 15) is 5.26 Å². The first kappa shape index (κ1) is 15.1. The SMILES string of the molecule is CCCNC(C)(C#N)CC(C)Sc1nccn1C. The van der Waals surface area contributed by atoms with Gasteiger partial charge in [0.05, 0.1) is 6.07 Å². The lowest BCUT2D eigenvalue weighted by Crippen LogP contribution is -2.43. The fraction of sp³-hybridized carbons (Fsp3) is 0.692. The minimum Gasteiger partial charge on any atom is -0.329 e. The van der Waals surface area contributed by atoms with Gasteiger partial charge in [-0.25, -0.2) is 4.98 Å². The molecular formula is C13H22N4S. The van der Waals surface area contributed by atoms with E-state index in [-0.39, 0.29) is 0 Å². The summed E-state index contributed by atoms with van der Waals surface area (Å²) >= 11 is 1.71. The van der Waals surface area contributed by atoms with Crippen LogP contribution >= 0.6 is 11.8 Å². The molecule has 0 aliphatic rings. The summed E-state index contributed by atoms with van der Waals surface area (Å²) < 4.78 is 2.00. The molecule has 5 heteroatoms. The Balaban J connectivity index is 2.55. The van der Waals surface area contributed by atoms with Crippen LogP contribution in [0.25, 0.3) is 0 Å². The molecule has 2 unspecified atom stereocenters. The monoisotopic (exact) mass is 266 g/mol. The van der Waals surface area contributed by atoms with Crippen molar-refractivity contribution in [3.8, 4) is 6.07 Å². The Morgan fingerprint density at radius 3 is 2.89 bits per heavy atom. The van der Waals surface area contributed by atoms with Crippen LogP contribution in [0.3, 0.4) is 0 Å². The third kappa shape index (κ3) is 4.35. The van der Waals surface area contributed by atoms with E-state index in [1.165, 1.54) is 0 Å². The number of thioether (sulfide) groups is 1. The number of nitrogens with zero attached hydrogens (tertiary/aromatic N) is 3. The van der Waals surface area contributed by atoms with Crippen molar-refractivity contribution in [2.45, 2.75) is 49.6 Å². The average Bonchev–Trinajstić information content (AvgIpc) is 2.72. The Bertz CT molecular complexity index is 409. The van der Waals surface area contributed by atoms with Crippen molar-refractivity contribution in [3.05, 3.63) is 12.4 Å². The van der Waals surface area contributed by atoms with Crippen molar-refractivity contribution >= 4 is 11.8 Å². The van der Waals surface area contributed by atoms with Gasteiger partial charge >= 0.3 is 0 Å². The number of hydrogen-bond donors (Lipinski definition) is 1. The highest BCUT2D eigenvalue weighted by Crippen LogP contribution is 2.27. The molecule has 2 atom stereocenters. The van der Waals surface area contributed by atoms with Gasteiger partial charge in [0.2, 0.25) is 0 Å². The van der Waals surface area contributed by atoms with Gasteiger partial charge in [-0.2, -0.15) is 5.26 Å². The molecule has 0 saturated carbocycles. The average molecular weight is 266 g/mol. The molecule has 100 valence electrons. The second kappa shape index (κ2) is 6.81. The van der Waals surface area contributed by atoms with E-state index in [2.05, 4.69) is 30.2 Å². The fourth-order valence-corrected chi connectivity index (χ4v) is 2.95. The molecular weight excluding hydrogens is 244 g/mol. The van der Waals surface area contributed by atoms with Crippen molar-refractivity contribution in [2.75, 3.05) is 6.54 Å². The van der Waals surface area contributed by atoms with E-state index in [1.807, 2.05) is 24.7 Å². The van der Waals surface area contributed by atoms with Crippen LogP contribution in [0, 0.1) is 11.3 Å². The minimum atomic E-state index is -0.451. The van der Waals surface area contributed by atoms with Gasteiger partial charge in [0.25, 0.3) is 0 Å². The van der Waals surface area contributed by atoms with Gasteiger partial charge < -0.3 is 4.57 Å². The van der Waals surface area contributed by atoms with Crippen LogP contribution in [0.1, 0.15) is 33.6 Å². The highest BCUT2D eigenvalue weighted by Gasteiger charge is 2.26. The smallest absolute Gasteiger partial charge is 0.167 e. The van der Waals surface area contributed by atoms with Crippen LogP contribution in [-0.2, 0) is 7.05 Å². The van der Waals surface area contributed by atoms with Gasteiger partial charge in [0, 0.05) is 24.7 Å². The highest BCUT2D eigenvalue weighted by molar-refractivity contribution is 7.99. The Hall–Kier alpha value is -0.990. The van der Waals surface area contributed by atoms with Crippen LogP contribution < -0.4 is 5.32 Å². The summed E-state index contributed by atoms with van der Waals surface area (Å²) in [5.41, 5.74) is -0.451. The number of nitrogens with one attached hydrogen (secondary N) is 1. The number of aromatic nitrogens is 2. The summed E-state index contributed by atoms with van der Waals surface area (Å²) in [6, 6.07) is 2.39. The summed E-state index contributed by atoms with van der Waals surface area (Å²) in [7, 11) is 1.99. The largest absolute Gasteiger partial charge is 0.329 e. The minimum absolute atomic E-state index is 0.347. The molecule has 0 fully saturated rings. The summed E-state index contributed by atoms with van der Waals surface area (Å²) in [4.78, 5) is 4.30. The fourth-order valence-electron chi connectivity index (χ4n) is 1.82. The molecule has 0 aromatic carbocycles. The molecule has 4 nitrogen and oxygen atoms in total. The summed E-state index contributed by atoms with van der Waals surface area (Å²) in [5.74, 6) is 0. The highest BCUT2D eigenvalue weighted by atomic mass is 32.2. The Labute approximate surface area is 114 Å². The summed E-state index contributed by atoms with van der Waals surface area (Å²) in [6.45, 7) is 7.10. The van der Waals surface area contributed by atoms with Crippen molar-refractivity contribution in [1.29, 1.82) is 5.26 Å². The van der Waals surface area contributed by atoms with Crippen LogP contribution in [0.4, 0.5) is 0 Å². The van der Waals surface area contributed by atoms with Gasteiger partial charge in [-0.15, -0.1) is 0 Å². The van der Waals surface area contributed by atoms with Crippen LogP contribution in [0.15, 0.2) is 17.6 Å². The first-order valence-corrected chi connectivity index (χ1v) is 7.19. The van der Waals surface area contributed by atoms with Gasteiger partial charge in [0.15, 0.2) is 5.16 Å². The molecule has 1 rings (SSSR count). The molecule has 1 aromatic heterocycles. The maximum absolute atomic E-state index is 9.30. The Kier molecular flexibility index (Phi) is 5.70. The Morgan fingerprint density at radius 1 is 1.67 bits per heavy atom. The molecule has 1 heterocycles. The van der Waals surface area contributed by atoms with Crippen molar-refractivity contribution in [2.24, 2.45) is 7.05 Å². The normalized spacial score (nSPS) is 15.9. The number of aryl methyl sites for hydroxylation is 1. The van der Waals surface area contributed by atoms with E-state index < -0.39 is 5.54 Å². The summed E-state index contributed by atoms with van der Waals surface area (Å²) in [5, 5.41) is 14.0. The van der Waals surface area contributed by atoms with Crippen molar-refractivity contribution in [1.82, 2.24) is 14.9 Å². The lowest BCUT2D eigenvalue weighted by molar-refractivity contribution is 0.418. The van der Waals surface area contributed by atoms with Gasteiger partial charge in [0.1, 0.15) is 5.54 Å². The lowest BCUT2D eigenvalue weighted by Gasteiger charge is -2.26. The third-order valence-corrected chi connectivity index (χ3v) is 3.96. The number of rotatable bonds is 7. The molecule has 0 radical (unpaired) electrons. The molecule has 0 bridgehead atoms. The number of imidazole rings is 1. The first-order valence-electron chi connectivity index (χ1n) is 6.31. The van der Waals surface area contributed by atoms with Gasteiger partial charge in [-0.1, -0.05) is 25.6 Å². The van der Waals surface area contributed by atoms with E-state index in [0.717, 1.165) is 24.5 Å². The molecule has 0 amide bonds. The molecule has 0 spiro atoms. The molecule has 1 aromatic rings. The first-order chi connectivity index (χ1) is 8.50. The summed E-state index contributed by atoms with van der Waals surface area (Å²) in [6.07, 6.45) is 5.58. The zero-order valence-electron chi connectivity index (χ0n) is 11.6. The molecule has 18 heavy (non-hydrogen) atoms. The zero-order valence-corrected chi connectivity index (χ0v) is 12.4. The van der Waals surface area contributed by atoms with Crippen LogP contribution in [-0.4, -0.2) is 26.9 Å². The van der Waals surface area contributed by atoms with E-state index in [4.69, 9.17) is 0 Å². The molecule has 0 aliphatic carbocycles. The zero-order chi connectivity index (χ0) is 13.6. The van der Waals surface area contributed by atoms with Crippen molar-refractivity contribution in [3.63, 3.8) is 0 Å². The number of nitriles is 1. The van der Waals surface area contributed by atoms with Gasteiger partial charge in [-0.3, -0.25) is 5.32 Å². The van der Waals surface area contributed by atoms with E-state index >= 15 is 0 Å². The topological polar surface area (TPSA) is 53.6 Å². The van der Waals surface area contributed by atoms with Crippen LogP contribution in [0.2, 0.25) is 0 Å². The quantitative estimate of drug-likeness (QED) is 0.771. The maximum atomic E-state index is 9.30. The van der Waals surface area contributed by atoms with Gasteiger partial charge in [-0.05, 0) is 26.3 Å². The standard InChI is InChI=1S/C13H22N4S/c1-5-6-16-13(3,10-14)9-11(2)18-12-15-7-8-17(12)4/h7-8,11,16H,5-6,9H2,1-4H3. The molecule has 0 aliphatic heterocycles. The van der Waals surface area contributed by atoms with Crippen molar-refractivity contribution < 1.29 is 0 Å². The second-order valence-corrected chi connectivity index (χ2v) is 6.23. The second-order valence-electron chi connectivity index (χ2n) is 4.82. The molecule has 1 N–H and O–H groups in total. The Morgan fingerprint density at radius 2 is 2.39 bits per heavy atom. The third-order valence-electron chi connectivity index (χ3n) is 2.79. The predicted octanol–water partition coefficient (Wildman–Crippen LogP) is 2.57. The van der Waals surface area contributed by atoms with E-state index in [0.29, 0.717) is 5.25 Å². The predicted molar refractivity (Wildman–Crippen MR) is 75.5 cm³/mol. The molecule has 0 saturated heterocycles. The van der Waals surface area contributed by atoms with Crippen LogP contribution in [0.5, 0.6) is 0 Å². The maximum Gasteiger partial charge on any atom is 0.167 e. The lowest BCUT2D eigenvalue weighted by atomic mass is 9.98. The van der Waals surface area contributed by atoms with E-state index in [1.54, 1.807) is 18.0 Å². The number of hydrogen-bond acceptors (Lipinski definition) is 4.